The van der Waals surface area contributed by atoms with Crippen LogP contribution in [0.5, 0.6) is 5.75 Å². The molecule has 6 heteroatoms. The molecule has 1 amide bonds. The molecule has 2 aliphatic rings. The fraction of sp³-hybridized carbons (Fsp3) is 0.455. The lowest BCUT2D eigenvalue weighted by atomic mass is 9.98. The number of anilines is 1. The predicted octanol–water partition coefficient (Wildman–Crippen LogP) is 4.23. The number of amides is 1. The van der Waals surface area contributed by atoms with Gasteiger partial charge < -0.3 is 15.0 Å². The Morgan fingerprint density at radius 1 is 1.25 bits per heavy atom. The lowest BCUT2D eigenvalue weighted by Gasteiger charge is -2.33. The summed E-state index contributed by atoms with van der Waals surface area (Å²) in [6.07, 6.45) is 5.83. The van der Waals surface area contributed by atoms with Gasteiger partial charge in [-0.15, -0.1) is 0 Å². The Bertz CT molecular complexity index is 845. The van der Waals surface area contributed by atoms with Crippen LogP contribution in [0.15, 0.2) is 36.5 Å². The first kappa shape index (κ1) is 19.1. The third kappa shape index (κ3) is 4.76. The summed E-state index contributed by atoms with van der Waals surface area (Å²) in [6, 6.07) is 10.2. The molecular formula is C22H26ClN3O2. The second-order valence-electron chi connectivity index (χ2n) is 7.84. The number of carbonyl (C=O) groups excluding carboxylic acids is 1. The molecule has 1 saturated carbocycles. The third-order valence-corrected chi connectivity index (χ3v) is 5.66. The van der Waals surface area contributed by atoms with E-state index in [1.807, 2.05) is 12.1 Å². The lowest BCUT2D eigenvalue weighted by molar-refractivity contribution is 0.0950. The van der Waals surface area contributed by atoms with Crippen LogP contribution < -0.4 is 15.0 Å². The minimum Gasteiger partial charge on any atom is -0.493 e. The van der Waals surface area contributed by atoms with Crippen LogP contribution in [0.25, 0.3) is 0 Å². The quantitative estimate of drug-likeness (QED) is 0.789. The van der Waals surface area contributed by atoms with Gasteiger partial charge in [-0.2, -0.15) is 0 Å². The van der Waals surface area contributed by atoms with Crippen LogP contribution in [0.2, 0.25) is 5.02 Å². The molecule has 148 valence electrons. The highest BCUT2D eigenvalue weighted by Crippen LogP contribution is 2.29. The molecule has 0 spiro atoms. The van der Waals surface area contributed by atoms with Crippen LogP contribution in [-0.2, 0) is 0 Å². The Morgan fingerprint density at radius 2 is 2.04 bits per heavy atom. The summed E-state index contributed by atoms with van der Waals surface area (Å²) in [7, 11) is 0. The number of hydrogen-bond acceptors (Lipinski definition) is 4. The summed E-state index contributed by atoms with van der Waals surface area (Å²) in [5, 5.41) is 3.51. The van der Waals surface area contributed by atoms with Crippen LogP contribution in [0.4, 0.5) is 5.82 Å². The summed E-state index contributed by atoms with van der Waals surface area (Å²) in [5.41, 5.74) is 1.74. The molecule has 2 heterocycles. The molecule has 1 aliphatic heterocycles. The second kappa shape index (κ2) is 8.39. The molecule has 0 bridgehead atoms. The van der Waals surface area contributed by atoms with Crippen molar-refractivity contribution in [2.24, 2.45) is 5.92 Å². The highest BCUT2D eigenvalue weighted by molar-refractivity contribution is 6.33. The molecule has 0 unspecified atom stereocenters. The summed E-state index contributed by atoms with van der Waals surface area (Å²) in [5.74, 6) is 2.14. The van der Waals surface area contributed by atoms with E-state index >= 15 is 0 Å². The standard InChI is InChI=1S/C22H26ClN3O2/c1-15-3-2-4-19(11-15)28-14-16-7-9-26(10-8-16)21-20(23)12-17(13-24-21)22(27)25-18-5-6-18/h2-4,11-13,16,18H,5-10,14H2,1H3,(H,25,27). The number of pyridine rings is 1. The van der Waals surface area contributed by atoms with Gasteiger partial charge >= 0.3 is 0 Å². The van der Waals surface area contributed by atoms with Gasteiger partial charge in [0.05, 0.1) is 17.2 Å². The summed E-state index contributed by atoms with van der Waals surface area (Å²) in [4.78, 5) is 18.8. The number of ether oxygens (including phenoxy) is 1. The van der Waals surface area contributed by atoms with E-state index in [0.717, 1.165) is 56.9 Å². The average Bonchev–Trinajstić information content (AvgIpc) is 3.51. The van der Waals surface area contributed by atoms with E-state index in [0.29, 0.717) is 22.5 Å². The molecule has 1 aromatic carbocycles. The van der Waals surface area contributed by atoms with Crippen molar-refractivity contribution < 1.29 is 9.53 Å². The Hall–Kier alpha value is -2.27. The molecule has 5 nitrogen and oxygen atoms in total. The predicted molar refractivity (Wildman–Crippen MR) is 111 cm³/mol. The fourth-order valence-corrected chi connectivity index (χ4v) is 3.80. The van der Waals surface area contributed by atoms with Crippen molar-refractivity contribution in [1.29, 1.82) is 0 Å². The number of nitrogens with one attached hydrogen (secondary N) is 1. The number of hydrogen-bond donors (Lipinski definition) is 1. The van der Waals surface area contributed by atoms with Crippen molar-refractivity contribution in [1.82, 2.24) is 10.3 Å². The van der Waals surface area contributed by atoms with Crippen molar-refractivity contribution >= 4 is 23.3 Å². The van der Waals surface area contributed by atoms with Gasteiger partial charge in [-0.05, 0) is 62.3 Å². The maximum atomic E-state index is 12.2. The van der Waals surface area contributed by atoms with Crippen LogP contribution in [-0.4, -0.2) is 36.6 Å². The Labute approximate surface area is 171 Å². The normalized spacial score (nSPS) is 17.4. The van der Waals surface area contributed by atoms with Crippen molar-refractivity contribution in [3.8, 4) is 5.75 Å². The fourth-order valence-electron chi connectivity index (χ4n) is 3.51. The van der Waals surface area contributed by atoms with E-state index in [1.165, 1.54) is 5.56 Å². The number of halogens is 1. The minimum atomic E-state index is -0.0875. The van der Waals surface area contributed by atoms with E-state index < -0.39 is 0 Å². The maximum absolute atomic E-state index is 12.2. The zero-order valence-electron chi connectivity index (χ0n) is 16.2. The molecule has 2 fully saturated rings. The first-order valence-electron chi connectivity index (χ1n) is 9.99. The summed E-state index contributed by atoms with van der Waals surface area (Å²) >= 11 is 6.44. The zero-order chi connectivity index (χ0) is 19.5. The second-order valence-corrected chi connectivity index (χ2v) is 8.24. The van der Waals surface area contributed by atoms with Crippen molar-refractivity contribution in [3.63, 3.8) is 0 Å². The Morgan fingerprint density at radius 3 is 2.71 bits per heavy atom. The minimum absolute atomic E-state index is 0.0875. The van der Waals surface area contributed by atoms with Crippen LogP contribution in [0, 0.1) is 12.8 Å². The number of aryl methyl sites for hydroxylation is 1. The molecule has 1 aliphatic carbocycles. The van der Waals surface area contributed by atoms with E-state index in [1.54, 1.807) is 12.3 Å². The molecule has 2 aromatic rings. The molecule has 4 rings (SSSR count). The number of rotatable bonds is 6. The van der Waals surface area contributed by atoms with Gasteiger partial charge in [-0.25, -0.2) is 4.98 Å². The number of piperidine rings is 1. The van der Waals surface area contributed by atoms with E-state index in [2.05, 4.69) is 34.3 Å². The largest absolute Gasteiger partial charge is 0.493 e. The van der Waals surface area contributed by atoms with Crippen LogP contribution in [0.1, 0.15) is 41.6 Å². The van der Waals surface area contributed by atoms with E-state index in [9.17, 15) is 4.79 Å². The van der Waals surface area contributed by atoms with Crippen LogP contribution >= 0.6 is 11.6 Å². The SMILES string of the molecule is Cc1cccc(OCC2CCN(c3ncc(C(=O)NC4CC4)cc3Cl)CC2)c1. The lowest BCUT2D eigenvalue weighted by Crippen LogP contribution is -2.36. The first-order valence-corrected chi connectivity index (χ1v) is 10.4. The molecule has 1 N–H and O–H groups in total. The van der Waals surface area contributed by atoms with Crippen molar-refractivity contribution in [3.05, 3.63) is 52.7 Å². The van der Waals surface area contributed by atoms with Crippen LogP contribution in [0.3, 0.4) is 0 Å². The van der Waals surface area contributed by atoms with Gasteiger partial charge in [0.2, 0.25) is 0 Å². The monoisotopic (exact) mass is 399 g/mol. The maximum Gasteiger partial charge on any atom is 0.253 e. The highest BCUT2D eigenvalue weighted by Gasteiger charge is 2.25. The Kier molecular flexibility index (Phi) is 5.72. The molecule has 1 saturated heterocycles. The van der Waals surface area contributed by atoms with E-state index in [4.69, 9.17) is 16.3 Å². The number of carbonyl (C=O) groups is 1. The van der Waals surface area contributed by atoms with Gasteiger partial charge in [-0.1, -0.05) is 23.7 Å². The molecular weight excluding hydrogens is 374 g/mol. The van der Waals surface area contributed by atoms with Crippen molar-refractivity contribution in [2.75, 3.05) is 24.6 Å². The smallest absolute Gasteiger partial charge is 0.253 e. The molecule has 0 radical (unpaired) electrons. The van der Waals surface area contributed by atoms with Gasteiger partial charge in [-0.3, -0.25) is 4.79 Å². The van der Waals surface area contributed by atoms with Crippen molar-refractivity contribution in [2.45, 2.75) is 38.6 Å². The van der Waals surface area contributed by atoms with Gasteiger partial charge in [0.25, 0.3) is 5.91 Å². The van der Waals surface area contributed by atoms with Gasteiger partial charge in [0.1, 0.15) is 11.6 Å². The Balaban J connectivity index is 1.30. The number of aromatic nitrogens is 1. The highest BCUT2D eigenvalue weighted by atomic mass is 35.5. The molecule has 1 aromatic heterocycles. The molecule has 0 atom stereocenters. The molecule has 28 heavy (non-hydrogen) atoms. The summed E-state index contributed by atoms with van der Waals surface area (Å²) in [6.45, 7) is 4.59. The van der Waals surface area contributed by atoms with Gasteiger partial charge in [0, 0.05) is 25.3 Å². The number of nitrogens with zero attached hydrogens (tertiary/aromatic N) is 2. The van der Waals surface area contributed by atoms with E-state index in [-0.39, 0.29) is 5.91 Å². The first-order chi connectivity index (χ1) is 13.6. The van der Waals surface area contributed by atoms with Gasteiger partial charge in [0.15, 0.2) is 0 Å². The summed E-state index contributed by atoms with van der Waals surface area (Å²) < 4.78 is 5.97. The number of benzene rings is 1. The zero-order valence-corrected chi connectivity index (χ0v) is 16.9. The average molecular weight is 400 g/mol. The topological polar surface area (TPSA) is 54.5 Å². The third-order valence-electron chi connectivity index (χ3n) is 5.39.